The average Bonchev–Trinajstić information content (AvgIpc) is 3.41. The Morgan fingerprint density at radius 2 is 1.36 bits per heavy atom. The molecule has 4 heteroatoms. The van der Waals surface area contributed by atoms with Crippen molar-refractivity contribution in [1.82, 2.24) is 9.47 Å². The highest BCUT2D eigenvalue weighted by Gasteiger charge is 2.25. The van der Waals surface area contributed by atoms with Crippen LogP contribution in [0.4, 0.5) is 0 Å². The maximum atomic E-state index is 14.4. The fourth-order valence-electron chi connectivity index (χ4n) is 5.93. The number of rotatable bonds is 12. The lowest BCUT2D eigenvalue weighted by Gasteiger charge is -2.26. The first-order chi connectivity index (χ1) is 21.6. The largest absolute Gasteiger partial charge is 0.489 e. The Hall–Kier alpha value is -5.09. The molecular formula is C40H38N2O2. The Kier molecular flexibility index (Phi) is 9.18. The summed E-state index contributed by atoms with van der Waals surface area (Å²) in [7, 11) is 2.08. The van der Waals surface area contributed by atoms with Gasteiger partial charge in [0, 0.05) is 49.6 Å². The van der Waals surface area contributed by atoms with Crippen molar-refractivity contribution in [2.75, 3.05) is 6.54 Å². The molecular weight excluding hydrogens is 540 g/mol. The number of para-hydroxylation sites is 1. The van der Waals surface area contributed by atoms with E-state index >= 15 is 0 Å². The summed E-state index contributed by atoms with van der Waals surface area (Å²) in [6, 6.07) is 47.6. The Bertz CT molecular complexity index is 1800. The number of aromatic nitrogens is 1. The quantitative estimate of drug-likeness (QED) is 0.146. The van der Waals surface area contributed by atoms with Gasteiger partial charge in [-0.3, -0.25) is 4.79 Å². The van der Waals surface area contributed by atoms with E-state index in [1.807, 2.05) is 59.5 Å². The number of fused-ring (bicyclic) bond motifs is 1. The summed E-state index contributed by atoms with van der Waals surface area (Å²) in [6.07, 6.45) is 3.35. The smallest absolute Gasteiger partial charge is 0.223 e. The maximum absolute atomic E-state index is 14.4. The molecule has 0 radical (unpaired) electrons. The van der Waals surface area contributed by atoms with Crippen LogP contribution in [0.25, 0.3) is 10.9 Å². The summed E-state index contributed by atoms with van der Waals surface area (Å²) >= 11 is 0. The van der Waals surface area contributed by atoms with Gasteiger partial charge in [-0.05, 0) is 52.4 Å². The van der Waals surface area contributed by atoms with Crippen LogP contribution in [0.5, 0.6) is 5.75 Å². The minimum atomic E-state index is -0.135. The fraction of sp³-hybridized carbons (Fsp3) is 0.175. The lowest BCUT2D eigenvalue weighted by atomic mass is 9.87. The highest BCUT2D eigenvalue weighted by atomic mass is 16.5. The molecule has 0 saturated heterocycles. The lowest BCUT2D eigenvalue weighted by Crippen LogP contribution is -2.33. The molecule has 0 aliphatic carbocycles. The summed E-state index contributed by atoms with van der Waals surface area (Å²) < 4.78 is 8.39. The van der Waals surface area contributed by atoms with Gasteiger partial charge in [0.1, 0.15) is 12.4 Å². The molecule has 4 nitrogen and oxygen atoms in total. The van der Waals surface area contributed by atoms with Gasteiger partial charge in [-0.2, -0.15) is 0 Å². The summed E-state index contributed by atoms with van der Waals surface area (Å²) in [5, 5.41) is 1.17. The van der Waals surface area contributed by atoms with Gasteiger partial charge in [0.15, 0.2) is 0 Å². The molecule has 1 unspecified atom stereocenters. The van der Waals surface area contributed by atoms with Crippen molar-refractivity contribution in [3.8, 4) is 5.75 Å². The molecule has 6 rings (SSSR count). The van der Waals surface area contributed by atoms with E-state index in [0.29, 0.717) is 26.1 Å². The second-order valence-corrected chi connectivity index (χ2v) is 11.4. The van der Waals surface area contributed by atoms with Crippen LogP contribution < -0.4 is 4.74 Å². The zero-order chi connectivity index (χ0) is 30.1. The van der Waals surface area contributed by atoms with Crippen LogP contribution in [0.1, 0.15) is 40.2 Å². The number of hydrogen-bond acceptors (Lipinski definition) is 2. The summed E-state index contributed by atoms with van der Waals surface area (Å²) in [6.45, 7) is 1.72. The number of ether oxygens (including phenoxy) is 1. The lowest BCUT2D eigenvalue weighted by molar-refractivity contribution is -0.132. The van der Waals surface area contributed by atoms with E-state index < -0.39 is 0 Å². The third-order valence-corrected chi connectivity index (χ3v) is 8.27. The Balaban J connectivity index is 1.32. The Morgan fingerprint density at radius 1 is 0.727 bits per heavy atom. The molecule has 1 amide bonds. The molecule has 1 atom stereocenters. The maximum Gasteiger partial charge on any atom is 0.223 e. The van der Waals surface area contributed by atoms with Gasteiger partial charge >= 0.3 is 0 Å². The van der Waals surface area contributed by atoms with Crippen molar-refractivity contribution in [3.05, 3.63) is 174 Å². The molecule has 0 N–H and O–H groups in total. The van der Waals surface area contributed by atoms with E-state index in [2.05, 4.69) is 103 Å². The van der Waals surface area contributed by atoms with E-state index in [4.69, 9.17) is 4.74 Å². The molecule has 0 saturated carbocycles. The first-order valence-electron chi connectivity index (χ1n) is 15.3. The zero-order valence-corrected chi connectivity index (χ0v) is 25.2. The van der Waals surface area contributed by atoms with Crippen molar-refractivity contribution in [3.63, 3.8) is 0 Å². The molecule has 1 aromatic heterocycles. The molecule has 0 bridgehead atoms. The molecule has 0 spiro atoms. The molecule has 0 aliphatic heterocycles. The van der Waals surface area contributed by atoms with Crippen LogP contribution in [0.15, 0.2) is 146 Å². The predicted octanol–water partition coefficient (Wildman–Crippen LogP) is 8.55. The highest BCUT2D eigenvalue weighted by molar-refractivity contribution is 5.86. The molecule has 6 aromatic rings. The summed E-state index contributed by atoms with van der Waals surface area (Å²) in [5.41, 5.74) is 6.86. The predicted molar refractivity (Wildman–Crippen MR) is 179 cm³/mol. The number of hydrogen-bond donors (Lipinski definition) is 0. The molecule has 0 fully saturated rings. The number of nitrogens with zero attached hydrogens (tertiary/aromatic N) is 2. The minimum absolute atomic E-state index is 0.135. The first-order valence-corrected chi connectivity index (χ1v) is 15.3. The van der Waals surface area contributed by atoms with Crippen molar-refractivity contribution >= 4 is 16.8 Å². The fourth-order valence-corrected chi connectivity index (χ4v) is 5.93. The van der Waals surface area contributed by atoms with Crippen molar-refractivity contribution < 1.29 is 9.53 Å². The van der Waals surface area contributed by atoms with E-state index in [1.165, 1.54) is 10.9 Å². The molecule has 5 aromatic carbocycles. The topological polar surface area (TPSA) is 34.5 Å². The average molecular weight is 579 g/mol. The number of aryl methyl sites for hydroxylation is 1. The van der Waals surface area contributed by atoms with Gasteiger partial charge in [0.05, 0.1) is 0 Å². The van der Waals surface area contributed by atoms with Crippen molar-refractivity contribution in [2.24, 2.45) is 7.05 Å². The van der Waals surface area contributed by atoms with Gasteiger partial charge in [-0.15, -0.1) is 0 Å². The van der Waals surface area contributed by atoms with E-state index in [9.17, 15) is 4.79 Å². The van der Waals surface area contributed by atoms with Crippen LogP contribution in [-0.2, 0) is 31.4 Å². The first kappa shape index (κ1) is 29.0. The third kappa shape index (κ3) is 7.09. The zero-order valence-electron chi connectivity index (χ0n) is 25.2. The number of amides is 1. The van der Waals surface area contributed by atoms with E-state index in [-0.39, 0.29) is 11.8 Å². The Morgan fingerprint density at radius 3 is 2.09 bits per heavy atom. The van der Waals surface area contributed by atoms with Crippen molar-refractivity contribution in [1.29, 1.82) is 0 Å². The Labute approximate surface area is 260 Å². The van der Waals surface area contributed by atoms with Crippen LogP contribution in [0.2, 0.25) is 0 Å². The van der Waals surface area contributed by atoms with Crippen LogP contribution >= 0.6 is 0 Å². The van der Waals surface area contributed by atoms with E-state index in [0.717, 1.165) is 39.9 Å². The highest BCUT2D eigenvalue weighted by Crippen LogP contribution is 2.36. The standard InChI is InChI=1S/C40H38N2O2/c1-41-29-38(36-22-11-12-23-39(36)41)37(34-20-13-21-35(26-34)44-30-33-18-9-4-10-19-33)27-40(43)42(28-32-16-7-3-8-17-32)25-24-31-14-5-2-6-15-31/h2-23,26,29,37H,24-25,27-28,30H2,1H3. The van der Waals surface area contributed by atoms with Gasteiger partial charge in [-0.1, -0.05) is 121 Å². The SMILES string of the molecule is Cn1cc(C(CC(=O)N(CCc2ccccc2)Cc2ccccc2)c2cccc(OCc3ccccc3)c2)c2ccccc21. The van der Waals surface area contributed by atoms with Gasteiger partial charge < -0.3 is 14.2 Å². The third-order valence-electron chi connectivity index (χ3n) is 8.27. The summed E-state index contributed by atoms with van der Waals surface area (Å²) in [4.78, 5) is 16.4. The number of benzene rings is 5. The number of carbonyl (C=O) groups excluding carboxylic acids is 1. The molecule has 220 valence electrons. The van der Waals surface area contributed by atoms with Crippen molar-refractivity contribution in [2.45, 2.75) is 31.9 Å². The number of carbonyl (C=O) groups is 1. The second kappa shape index (κ2) is 13.9. The second-order valence-electron chi connectivity index (χ2n) is 11.4. The summed E-state index contributed by atoms with van der Waals surface area (Å²) in [5.74, 6) is 0.802. The monoisotopic (exact) mass is 578 g/mol. The van der Waals surface area contributed by atoms with E-state index in [1.54, 1.807) is 0 Å². The molecule has 0 aliphatic rings. The minimum Gasteiger partial charge on any atom is -0.489 e. The van der Waals surface area contributed by atoms with Crippen LogP contribution in [0, 0.1) is 0 Å². The van der Waals surface area contributed by atoms with Gasteiger partial charge in [0.25, 0.3) is 0 Å². The normalized spacial score (nSPS) is 11.8. The van der Waals surface area contributed by atoms with Crippen LogP contribution in [-0.4, -0.2) is 21.9 Å². The van der Waals surface area contributed by atoms with Crippen LogP contribution in [0.3, 0.4) is 0 Å². The van der Waals surface area contributed by atoms with Gasteiger partial charge in [0.2, 0.25) is 5.91 Å². The molecule has 1 heterocycles. The van der Waals surface area contributed by atoms with Gasteiger partial charge in [-0.25, -0.2) is 0 Å². The molecule has 44 heavy (non-hydrogen) atoms.